The van der Waals surface area contributed by atoms with Gasteiger partial charge in [0.1, 0.15) is 12.5 Å². The molecule has 1 heterocycles. The molecule has 0 bridgehead atoms. The molecule has 0 spiro atoms. The van der Waals surface area contributed by atoms with Crippen LogP contribution in [0.4, 0.5) is 0 Å². The highest BCUT2D eigenvalue weighted by atomic mass is 16.5. The van der Waals surface area contributed by atoms with E-state index in [0.29, 0.717) is 6.73 Å². The van der Waals surface area contributed by atoms with Gasteiger partial charge in [-0.3, -0.25) is 0 Å². The summed E-state index contributed by atoms with van der Waals surface area (Å²) in [4.78, 5) is 0. The predicted molar refractivity (Wildman–Crippen MR) is 64.7 cm³/mol. The summed E-state index contributed by atoms with van der Waals surface area (Å²) in [5.74, 6) is 0.953. The Kier molecular flexibility index (Phi) is 3.47. The molecule has 0 aliphatic heterocycles. The zero-order chi connectivity index (χ0) is 11.4. The van der Waals surface area contributed by atoms with E-state index >= 15 is 0 Å². The SMILES string of the molecule is CCCOc1cccc2c1ccn2COC. The van der Waals surface area contributed by atoms with Crippen LogP contribution in [0, 0.1) is 0 Å². The normalized spacial score (nSPS) is 10.9. The van der Waals surface area contributed by atoms with Crippen molar-refractivity contribution < 1.29 is 9.47 Å². The number of rotatable bonds is 5. The maximum absolute atomic E-state index is 5.71. The van der Waals surface area contributed by atoms with E-state index in [1.165, 1.54) is 0 Å². The Hall–Kier alpha value is -1.48. The molecule has 1 aromatic carbocycles. The van der Waals surface area contributed by atoms with Gasteiger partial charge in [-0.05, 0) is 24.6 Å². The number of nitrogens with zero attached hydrogens (tertiary/aromatic N) is 1. The summed E-state index contributed by atoms with van der Waals surface area (Å²) in [6, 6.07) is 8.17. The van der Waals surface area contributed by atoms with E-state index in [4.69, 9.17) is 9.47 Å². The van der Waals surface area contributed by atoms with E-state index in [9.17, 15) is 0 Å². The van der Waals surface area contributed by atoms with Gasteiger partial charge < -0.3 is 14.0 Å². The fraction of sp³-hybridized carbons (Fsp3) is 0.385. The van der Waals surface area contributed by atoms with Gasteiger partial charge in [0.15, 0.2) is 0 Å². The standard InChI is InChI=1S/C13H17NO2/c1-3-9-16-13-6-4-5-12-11(13)7-8-14(12)10-15-2/h4-8H,3,9-10H2,1-2H3. The molecule has 0 saturated heterocycles. The first-order chi connectivity index (χ1) is 7.86. The van der Waals surface area contributed by atoms with Crippen molar-refractivity contribution in [2.24, 2.45) is 0 Å². The Morgan fingerprint density at radius 1 is 1.25 bits per heavy atom. The van der Waals surface area contributed by atoms with Crippen LogP contribution in [0.5, 0.6) is 5.75 Å². The molecule has 0 aliphatic rings. The largest absolute Gasteiger partial charge is 0.493 e. The molecular formula is C13H17NO2. The molecule has 0 saturated carbocycles. The second kappa shape index (κ2) is 5.03. The number of benzene rings is 1. The second-order valence-corrected chi connectivity index (χ2v) is 3.74. The summed E-state index contributed by atoms with van der Waals surface area (Å²) in [5, 5.41) is 1.15. The Balaban J connectivity index is 2.36. The zero-order valence-corrected chi connectivity index (χ0v) is 9.77. The number of hydrogen-bond acceptors (Lipinski definition) is 2. The van der Waals surface area contributed by atoms with Crippen LogP contribution in [0.3, 0.4) is 0 Å². The monoisotopic (exact) mass is 219 g/mol. The highest BCUT2D eigenvalue weighted by molar-refractivity contribution is 5.86. The van der Waals surface area contributed by atoms with Crippen LogP contribution in [-0.2, 0) is 11.5 Å². The number of hydrogen-bond donors (Lipinski definition) is 0. The van der Waals surface area contributed by atoms with E-state index in [0.717, 1.165) is 29.7 Å². The first-order valence-corrected chi connectivity index (χ1v) is 5.56. The van der Waals surface area contributed by atoms with Gasteiger partial charge >= 0.3 is 0 Å². The lowest BCUT2D eigenvalue weighted by molar-refractivity contribution is 0.135. The van der Waals surface area contributed by atoms with Crippen LogP contribution in [0.15, 0.2) is 30.5 Å². The van der Waals surface area contributed by atoms with Crippen molar-refractivity contribution in [1.29, 1.82) is 0 Å². The Labute approximate surface area is 95.6 Å². The lowest BCUT2D eigenvalue weighted by Crippen LogP contribution is -1.98. The van der Waals surface area contributed by atoms with Crippen molar-refractivity contribution in [3.8, 4) is 5.75 Å². The Bertz CT molecular complexity index is 462. The molecule has 3 nitrogen and oxygen atoms in total. The third kappa shape index (κ3) is 2.04. The molecule has 0 radical (unpaired) electrons. The average molecular weight is 219 g/mol. The number of methoxy groups -OCH3 is 1. The first-order valence-electron chi connectivity index (χ1n) is 5.56. The predicted octanol–water partition coefficient (Wildman–Crippen LogP) is 3.03. The van der Waals surface area contributed by atoms with Crippen molar-refractivity contribution in [2.45, 2.75) is 20.1 Å². The van der Waals surface area contributed by atoms with Gasteiger partial charge in [0.2, 0.25) is 0 Å². The van der Waals surface area contributed by atoms with E-state index in [-0.39, 0.29) is 0 Å². The van der Waals surface area contributed by atoms with Gasteiger partial charge in [0.05, 0.1) is 12.1 Å². The molecule has 0 aliphatic carbocycles. The molecule has 86 valence electrons. The Morgan fingerprint density at radius 2 is 2.12 bits per heavy atom. The second-order valence-electron chi connectivity index (χ2n) is 3.74. The molecule has 0 N–H and O–H groups in total. The molecule has 0 unspecified atom stereocenters. The topological polar surface area (TPSA) is 23.4 Å². The maximum atomic E-state index is 5.71. The molecule has 3 heteroatoms. The van der Waals surface area contributed by atoms with Crippen molar-refractivity contribution in [2.75, 3.05) is 13.7 Å². The molecule has 0 amide bonds. The van der Waals surface area contributed by atoms with Crippen LogP contribution in [0.2, 0.25) is 0 Å². The van der Waals surface area contributed by atoms with E-state index in [1.807, 2.05) is 18.3 Å². The molecular weight excluding hydrogens is 202 g/mol. The number of fused-ring (bicyclic) bond motifs is 1. The molecule has 16 heavy (non-hydrogen) atoms. The quantitative estimate of drug-likeness (QED) is 0.771. The van der Waals surface area contributed by atoms with Crippen LogP contribution in [0.25, 0.3) is 10.9 Å². The van der Waals surface area contributed by atoms with E-state index in [2.05, 4.69) is 23.6 Å². The zero-order valence-electron chi connectivity index (χ0n) is 9.77. The molecule has 2 rings (SSSR count). The van der Waals surface area contributed by atoms with Crippen molar-refractivity contribution in [1.82, 2.24) is 4.57 Å². The van der Waals surface area contributed by atoms with Gasteiger partial charge in [-0.2, -0.15) is 0 Å². The van der Waals surface area contributed by atoms with Crippen molar-refractivity contribution in [3.63, 3.8) is 0 Å². The van der Waals surface area contributed by atoms with Gasteiger partial charge in [-0.15, -0.1) is 0 Å². The number of aromatic nitrogens is 1. The van der Waals surface area contributed by atoms with Gasteiger partial charge in [-0.25, -0.2) is 0 Å². The van der Waals surface area contributed by atoms with Crippen LogP contribution < -0.4 is 4.74 Å². The highest BCUT2D eigenvalue weighted by Gasteiger charge is 2.05. The summed E-state index contributed by atoms with van der Waals surface area (Å²) in [6.07, 6.45) is 3.04. The van der Waals surface area contributed by atoms with Crippen molar-refractivity contribution >= 4 is 10.9 Å². The third-order valence-corrected chi connectivity index (χ3v) is 2.50. The fourth-order valence-electron chi connectivity index (χ4n) is 1.78. The minimum absolute atomic E-state index is 0.570. The van der Waals surface area contributed by atoms with E-state index in [1.54, 1.807) is 7.11 Å². The smallest absolute Gasteiger partial charge is 0.128 e. The fourth-order valence-corrected chi connectivity index (χ4v) is 1.78. The van der Waals surface area contributed by atoms with Crippen molar-refractivity contribution in [3.05, 3.63) is 30.5 Å². The van der Waals surface area contributed by atoms with Crippen LogP contribution in [0.1, 0.15) is 13.3 Å². The minimum atomic E-state index is 0.570. The minimum Gasteiger partial charge on any atom is -0.493 e. The lowest BCUT2D eigenvalue weighted by Gasteiger charge is -2.07. The Morgan fingerprint density at radius 3 is 2.88 bits per heavy atom. The van der Waals surface area contributed by atoms with Crippen LogP contribution >= 0.6 is 0 Å². The summed E-state index contributed by atoms with van der Waals surface area (Å²) >= 11 is 0. The summed E-state index contributed by atoms with van der Waals surface area (Å²) < 4.78 is 12.9. The molecule has 2 aromatic rings. The third-order valence-electron chi connectivity index (χ3n) is 2.50. The average Bonchev–Trinajstić information content (AvgIpc) is 2.71. The van der Waals surface area contributed by atoms with Crippen LogP contribution in [-0.4, -0.2) is 18.3 Å². The lowest BCUT2D eigenvalue weighted by atomic mass is 10.2. The van der Waals surface area contributed by atoms with E-state index < -0.39 is 0 Å². The highest BCUT2D eigenvalue weighted by Crippen LogP contribution is 2.26. The number of ether oxygens (including phenoxy) is 2. The molecule has 0 atom stereocenters. The molecule has 1 aromatic heterocycles. The first kappa shape index (κ1) is 11.0. The van der Waals surface area contributed by atoms with Gasteiger partial charge in [-0.1, -0.05) is 13.0 Å². The summed E-state index contributed by atoms with van der Waals surface area (Å²) in [6.45, 7) is 3.44. The molecule has 0 fully saturated rings. The maximum Gasteiger partial charge on any atom is 0.128 e. The van der Waals surface area contributed by atoms with Gasteiger partial charge in [0, 0.05) is 18.7 Å². The summed E-state index contributed by atoms with van der Waals surface area (Å²) in [7, 11) is 1.70. The summed E-state index contributed by atoms with van der Waals surface area (Å²) in [5.41, 5.74) is 1.15. The van der Waals surface area contributed by atoms with Gasteiger partial charge in [0.25, 0.3) is 0 Å².